The second kappa shape index (κ2) is 5.74. The van der Waals surface area contributed by atoms with Crippen molar-refractivity contribution < 1.29 is 0 Å². The molecule has 0 N–H and O–H groups in total. The molecule has 0 fully saturated rings. The van der Waals surface area contributed by atoms with Gasteiger partial charge in [0.2, 0.25) is 0 Å². The highest BCUT2D eigenvalue weighted by molar-refractivity contribution is 14.1. The van der Waals surface area contributed by atoms with Gasteiger partial charge in [0.1, 0.15) is 0 Å². The maximum atomic E-state index is 6.19. The minimum Gasteiger partial charge on any atom is -0.372 e. The number of benzodiazepines with no additional fused rings is 1. The molecule has 0 radical (unpaired) electrons. The molecule has 0 bridgehead atoms. The molecule has 0 amide bonds. The Balaban J connectivity index is 2.19. The summed E-state index contributed by atoms with van der Waals surface area (Å²) >= 11 is 8.52. The van der Waals surface area contributed by atoms with Crippen LogP contribution in [0.5, 0.6) is 0 Å². The summed E-state index contributed by atoms with van der Waals surface area (Å²) in [6.45, 7) is 1.71. The Morgan fingerprint density at radius 1 is 1.20 bits per heavy atom. The molecule has 2 aromatic rings. The van der Waals surface area contributed by atoms with Gasteiger partial charge >= 0.3 is 0 Å². The number of benzene rings is 2. The predicted molar refractivity (Wildman–Crippen MR) is 94.4 cm³/mol. The molecule has 20 heavy (non-hydrogen) atoms. The largest absolute Gasteiger partial charge is 0.372 e. The Morgan fingerprint density at radius 3 is 2.85 bits per heavy atom. The first-order valence-electron chi connectivity index (χ1n) is 6.46. The van der Waals surface area contributed by atoms with Crippen LogP contribution in [0.1, 0.15) is 11.1 Å². The molecular formula is C16H14ClIN2. The van der Waals surface area contributed by atoms with Gasteiger partial charge in [-0.3, -0.25) is 4.99 Å². The van der Waals surface area contributed by atoms with E-state index in [2.05, 4.69) is 64.9 Å². The predicted octanol–water partition coefficient (Wildman–Crippen LogP) is 4.23. The monoisotopic (exact) mass is 396 g/mol. The summed E-state index contributed by atoms with van der Waals surface area (Å²) in [5.41, 5.74) is 4.48. The van der Waals surface area contributed by atoms with Gasteiger partial charge < -0.3 is 4.90 Å². The Labute approximate surface area is 137 Å². The molecule has 0 aromatic heterocycles. The quantitative estimate of drug-likeness (QED) is 0.659. The van der Waals surface area contributed by atoms with Crippen molar-refractivity contribution in [3.05, 3.63) is 62.2 Å². The van der Waals surface area contributed by atoms with Crippen LogP contribution in [0.2, 0.25) is 5.02 Å². The number of anilines is 1. The third-order valence-corrected chi connectivity index (χ3v) is 4.33. The van der Waals surface area contributed by atoms with Gasteiger partial charge in [0.05, 0.1) is 12.3 Å². The van der Waals surface area contributed by atoms with Crippen molar-refractivity contribution in [3.8, 4) is 0 Å². The Bertz CT molecular complexity index is 682. The zero-order valence-electron chi connectivity index (χ0n) is 11.1. The highest BCUT2D eigenvalue weighted by Crippen LogP contribution is 2.28. The smallest absolute Gasteiger partial charge is 0.0741 e. The average Bonchev–Trinajstić information content (AvgIpc) is 2.58. The van der Waals surface area contributed by atoms with Gasteiger partial charge in [-0.05, 0) is 52.9 Å². The van der Waals surface area contributed by atoms with Crippen molar-refractivity contribution >= 4 is 45.6 Å². The van der Waals surface area contributed by atoms with E-state index in [0.717, 1.165) is 35.0 Å². The fourth-order valence-corrected chi connectivity index (χ4v) is 3.15. The molecule has 0 unspecified atom stereocenters. The maximum absolute atomic E-state index is 6.19. The van der Waals surface area contributed by atoms with E-state index < -0.39 is 0 Å². The van der Waals surface area contributed by atoms with Crippen LogP contribution in [0, 0.1) is 3.57 Å². The zero-order valence-corrected chi connectivity index (χ0v) is 14.0. The molecule has 0 atom stereocenters. The number of halogens is 2. The van der Waals surface area contributed by atoms with Gasteiger partial charge in [-0.2, -0.15) is 0 Å². The van der Waals surface area contributed by atoms with Gasteiger partial charge in [-0.15, -0.1) is 0 Å². The van der Waals surface area contributed by atoms with Gasteiger partial charge in [0.25, 0.3) is 0 Å². The van der Waals surface area contributed by atoms with Gasteiger partial charge in [0.15, 0.2) is 0 Å². The molecule has 1 aliphatic rings. The lowest BCUT2D eigenvalue weighted by Crippen LogP contribution is -2.20. The summed E-state index contributed by atoms with van der Waals surface area (Å²) in [5, 5.41) is 0.748. The van der Waals surface area contributed by atoms with Crippen LogP contribution in [-0.2, 0) is 0 Å². The summed E-state index contributed by atoms with van der Waals surface area (Å²) in [7, 11) is 2.10. The fraction of sp³-hybridized carbons (Fsp3) is 0.188. The first-order chi connectivity index (χ1) is 9.65. The normalized spacial score (nSPS) is 14.6. The summed E-state index contributed by atoms with van der Waals surface area (Å²) in [6, 6.07) is 14.5. The molecule has 1 aliphatic heterocycles. The highest BCUT2D eigenvalue weighted by Gasteiger charge is 2.18. The van der Waals surface area contributed by atoms with Crippen LogP contribution in [0.4, 0.5) is 5.69 Å². The Kier molecular flexibility index (Phi) is 3.98. The molecule has 1 heterocycles. The Morgan fingerprint density at radius 2 is 2.05 bits per heavy atom. The zero-order chi connectivity index (χ0) is 14.1. The lowest BCUT2D eigenvalue weighted by Gasteiger charge is -2.19. The molecule has 2 aromatic carbocycles. The summed E-state index contributed by atoms with van der Waals surface area (Å²) in [6.07, 6.45) is 0. The lowest BCUT2D eigenvalue weighted by molar-refractivity contribution is 0.896. The SMILES string of the molecule is CN1CCN=C(c2cccc(I)c2)c2cc(Cl)ccc21. The number of fused-ring (bicyclic) bond motifs is 1. The first kappa shape index (κ1) is 13.9. The van der Waals surface area contributed by atoms with Crippen LogP contribution in [0.3, 0.4) is 0 Å². The standard InChI is InChI=1S/C16H14ClIN2/c1-20-8-7-19-16(11-3-2-4-13(18)9-11)14-10-12(17)5-6-15(14)20/h2-6,9-10H,7-8H2,1H3. The third kappa shape index (κ3) is 2.69. The lowest BCUT2D eigenvalue weighted by atomic mass is 10.0. The van der Waals surface area contributed by atoms with Crippen molar-refractivity contribution in [1.29, 1.82) is 0 Å². The third-order valence-electron chi connectivity index (χ3n) is 3.43. The summed E-state index contributed by atoms with van der Waals surface area (Å²) in [4.78, 5) is 7.01. The number of rotatable bonds is 1. The number of hydrogen-bond acceptors (Lipinski definition) is 2. The maximum Gasteiger partial charge on any atom is 0.0741 e. The molecular weight excluding hydrogens is 383 g/mol. The van der Waals surface area contributed by atoms with Crippen molar-refractivity contribution in [1.82, 2.24) is 0 Å². The number of aliphatic imine (C=N–C) groups is 1. The fourth-order valence-electron chi connectivity index (χ4n) is 2.43. The van der Waals surface area contributed by atoms with Crippen molar-refractivity contribution in [3.63, 3.8) is 0 Å². The highest BCUT2D eigenvalue weighted by atomic mass is 127. The molecule has 0 saturated carbocycles. The Hall–Kier alpha value is -1.07. The van der Waals surface area contributed by atoms with Crippen molar-refractivity contribution in [2.75, 3.05) is 25.0 Å². The molecule has 4 heteroatoms. The van der Waals surface area contributed by atoms with Gasteiger partial charge in [0, 0.05) is 39.0 Å². The van der Waals surface area contributed by atoms with E-state index in [4.69, 9.17) is 16.6 Å². The van der Waals surface area contributed by atoms with Gasteiger partial charge in [-0.25, -0.2) is 0 Å². The molecule has 0 aliphatic carbocycles. The minimum absolute atomic E-state index is 0.748. The van der Waals surface area contributed by atoms with E-state index >= 15 is 0 Å². The van der Waals surface area contributed by atoms with Crippen molar-refractivity contribution in [2.45, 2.75) is 0 Å². The number of nitrogens with zero attached hydrogens (tertiary/aromatic N) is 2. The minimum atomic E-state index is 0.748. The van der Waals surface area contributed by atoms with Crippen LogP contribution < -0.4 is 4.90 Å². The van der Waals surface area contributed by atoms with E-state index in [1.54, 1.807) is 0 Å². The van der Waals surface area contributed by atoms with E-state index in [1.165, 1.54) is 9.26 Å². The number of likely N-dealkylation sites (N-methyl/N-ethyl adjacent to an activating group) is 1. The van der Waals surface area contributed by atoms with Crippen LogP contribution >= 0.6 is 34.2 Å². The van der Waals surface area contributed by atoms with E-state index in [9.17, 15) is 0 Å². The molecule has 102 valence electrons. The average molecular weight is 397 g/mol. The topological polar surface area (TPSA) is 15.6 Å². The first-order valence-corrected chi connectivity index (χ1v) is 7.92. The molecule has 0 spiro atoms. The molecule has 0 saturated heterocycles. The van der Waals surface area contributed by atoms with Gasteiger partial charge in [-0.1, -0.05) is 23.7 Å². The van der Waals surface area contributed by atoms with E-state index in [1.807, 2.05) is 12.1 Å². The second-order valence-electron chi connectivity index (χ2n) is 4.82. The van der Waals surface area contributed by atoms with Crippen LogP contribution in [0.25, 0.3) is 0 Å². The molecule has 2 nitrogen and oxygen atoms in total. The van der Waals surface area contributed by atoms with Crippen molar-refractivity contribution in [2.24, 2.45) is 4.99 Å². The summed E-state index contributed by atoms with van der Waals surface area (Å²) in [5.74, 6) is 0. The second-order valence-corrected chi connectivity index (χ2v) is 6.51. The van der Waals surface area contributed by atoms with E-state index in [0.29, 0.717) is 0 Å². The van der Waals surface area contributed by atoms with Crippen LogP contribution in [0.15, 0.2) is 47.5 Å². The summed E-state index contributed by atoms with van der Waals surface area (Å²) < 4.78 is 1.21. The molecule has 3 rings (SSSR count). The number of hydrogen-bond donors (Lipinski definition) is 0. The van der Waals surface area contributed by atoms with Crippen LogP contribution in [-0.4, -0.2) is 25.8 Å². The van der Waals surface area contributed by atoms with E-state index in [-0.39, 0.29) is 0 Å².